The maximum absolute atomic E-state index is 12.4. The molecule has 1 heterocycles. The third kappa shape index (κ3) is 2.89. The van der Waals surface area contributed by atoms with Gasteiger partial charge in [-0.25, -0.2) is 0 Å². The van der Waals surface area contributed by atoms with Gasteiger partial charge in [-0.3, -0.25) is 4.79 Å². The van der Waals surface area contributed by atoms with E-state index in [0.29, 0.717) is 31.7 Å². The van der Waals surface area contributed by atoms with Gasteiger partial charge < -0.3 is 16.0 Å². The van der Waals surface area contributed by atoms with Crippen molar-refractivity contribution < 1.29 is 4.79 Å². The third-order valence-electron chi connectivity index (χ3n) is 4.02. The smallest absolute Gasteiger partial charge is 0.251 e. The molecule has 23 heavy (non-hydrogen) atoms. The Morgan fingerprint density at radius 2 is 1.96 bits per heavy atom. The minimum atomic E-state index is -0.126. The van der Waals surface area contributed by atoms with Crippen LogP contribution in [0.4, 0.5) is 0 Å². The van der Waals surface area contributed by atoms with E-state index in [9.17, 15) is 4.79 Å². The molecule has 0 bridgehead atoms. The Labute approximate surface area is 135 Å². The first-order valence-electron chi connectivity index (χ1n) is 7.57. The summed E-state index contributed by atoms with van der Waals surface area (Å²) in [6.45, 7) is 2.07. The first-order chi connectivity index (χ1) is 11.2. The van der Waals surface area contributed by atoms with E-state index in [1.807, 2.05) is 42.5 Å². The zero-order chi connectivity index (χ0) is 16.2. The predicted molar refractivity (Wildman–Crippen MR) is 88.1 cm³/mol. The molecule has 0 unspecified atom stereocenters. The maximum atomic E-state index is 12.4. The molecule has 2 aromatic carbocycles. The van der Waals surface area contributed by atoms with Gasteiger partial charge in [0.25, 0.3) is 5.91 Å². The minimum Gasteiger partial charge on any atom is -0.351 e. The van der Waals surface area contributed by atoms with Crippen LogP contribution >= 0.6 is 0 Å². The lowest BCUT2D eigenvalue weighted by Gasteiger charge is -2.13. The number of fused-ring (bicyclic) bond motifs is 1. The van der Waals surface area contributed by atoms with Crippen LogP contribution in [0, 0.1) is 11.5 Å². The van der Waals surface area contributed by atoms with E-state index in [1.165, 1.54) is 0 Å². The Morgan fingerprint density at radius 3 is 2.74 bits per heavy atom. The molecule has 5 heteroatoms. The van der Waals surface area contributed by atoms with Gasteiger partial charge in [0.1, 0.15) is 0 Å². The molecule has 0 radical (unpaired) electrons. The average Bonchev–Trinajstić information content (AvgIpc) is 3.03. The monoisotopic (exact) mass is 306 g/mol. The molecule has 0 spiro atoms. The lowest BCUT2D eigenvalue weighted by molar-refractivity contribution is 0.0955. The summed E-state index contributed by atoms with van der Waals surface area (Å²) in [5.41, 5.74) is 10.2. The van der Waals surface area contributed by atoms with Crippen molar-refractivity contribution in [3.63, 3.8) is 0 Å². The molecular weight excluding hydrogens is 288 g/mol. The SMILES string of the molecule is N#CN1Cc2cccc(-c3ccccc3C(=O)NCCN)c2C1. The van der Waals surface area contributed by atoms with Crippen LogP contribution in [0.5, 0.6) is 0 Å². The van der Waals surface area contributed by atoms with Crippen LogP contribution in [0.25, 0.3) is 11.1 Å². The van der Waals surface area contributed by atoms with Gasteiger partial charge in [-0.15, -0.1) is 0 Å². The van der Waals surface area contributed by atoms with E-state index < -0.39 is 0 Å². The maximum Gasteiger partial charge on any atom is 0.251 e. The van der Waals surface area contributed by atoms with Crippen molar-refractivity contribution in [2.75, 3.05) is 13.1 Å². The van der Waals surface area contributed by atoms with Gasteiger partial charge in [-0.05, 0) is 28.3 Å². The quantitative estimate of drug-likeness (QED) is 0.844. The van der Waals surface area contributed by atoms with Crippen LogP contribution in [0.1, 0.15) is 21.5 Å². The highest BCUT2D eigenvalue weighted by Gasteiger charge is 2.23. The van der Waals surface area contributed by atoms with Gasteiger partial charge in [0.2, 0.25) is 0 Å². The summed E-state index contributed by atoms with van der Waals surface area (Å²) >= 11 is 0. The second-order valence-electron chi connectivity index (χ2n) is 5.49. The Balaban J connectivity index is 2.03. The van der Waals surface area contributed by atoms with Gasteiger partial charge in [0.15, 0.2) is 6.19 Å². The fourth-order valence-corrected chi connectivity index (χ4v) is 2.94. The number of hydrogen-bond acceptors (Lipinski definition) is 4. The number of rotatable bonds is 4. The number of amides is 1. The first kappa shape index (κ1) is 15.1. The number of carbonyl (C=O) groups is 1. The van der Waals surface area contributed by atoms with E-state index in [1.54, 1.807) is 4.90 Å². The summed E-state index contributed by atoms with van der Waals surface area (Å²) in [7, 11) is 0. The van der Waals surface area contributed by atoms with Crippen molar-refractivity contribution in [1.82, 2.24) is 10.2 Å². The van der Waals surface area contributed by atoms with E-state index >= 15 is 0 Å². The van der Waals surface area contributed by atoms with Crippen LogP contribution < -0.4 is 11.1 Å². The van der Waals surface area contributed by atoms with E-state index in [2.05, 4.69) is 11.5 Å². The van der Waals surface area contributed by atoms with Crippen molar-refractivity contribution >= 4 is 5.91 Å². The van der Waals surface area contributed by atoms with E-state index in [4.69, 9.17) is 11.0 Å². The van der Waals surface area contributed by atoms with Crippen molar-refractivity contribution in [3.8, 4) is 17.3 Å². The highest BCUT2D eigenvalue weighted by Crippen LogP contribution is 2.34. The molecule has 0 saturated carbocycles. The normalized spacial score (nSPS) is 12.6. The highest BCUT2D eigenvalue weighted by atomic mass is 16.1. The number of nitrogens with zero attached hydrogens (tertiary/aromatic N) is 2. The minimum absolute atomic E-state index is 0.126. The molecule has 5 nitrogen and oxygen atoms in total. The van der Waals surface area contributed by atoms with Crippen LogP contribution in [-0.2, 0) is 13.1 Å². The lowest BCUT2D eigenvalue weighted by atomic mass is 9.93. The molecule has 0 saturated heterocycles. The zero-order valence-electron chi connectivity index (χ0n) is 12.7. The summed E-state index contributed by atoms with van der Waals surface area (Å²) in [5, 5.41) is 12.0. The van der Waals surface area contributed by atoms with Crippen molar-refractivity contribution in [1.29, 1.82) is 5.26 Å². The number of benzene rings is 2. The number of carbonyl (C=O) groups excluding carboxylic acids is 1. The second kappa shape index (κ2) is 6.51. The number of nitrogens with two attached hydrogens (primary N) is 1. The molecule has 116 valence electrons. The number of hydrogen-bond donors (Lipinski definition) is 2. The van der Waals surface area contributed by atoms with Crippen molar-refractivity contribution in [2.24, 2.45) is 5.73 Å². The summed E-state index contributed by atoms with van der Waals surface area (Å²) < 4.78 is 0. The lowest BCUT2D eigenvalue weighted by Crippen LogP contribution is -2.29. The van der Waals surface area contributed by atoms with Gasteiger partial charge in [0, 0.05) is 18.7 Å². The fraction of sp³-hybridized carbons (Fsp3) is 0.222. The zero-order valence-corrected chi connectivity index (χ0v) is 12.7. The van der Waals surface area contributed by atoms with E-state index in [0.717, 1.165) is 22.3 Å². The Bertz CT molecular complexity index is 779. The van der Waals surface area contributed by atoms with Crippen LogP contribution in [0.2, 0.25) is 0 Å². The van der Waals surface area contributed by atoms with Crippen LogP contribution in [0.15, 0.2) is 42.5 Å². The molecule has 3 rings (SSSR count). The van der Waals surface area contributed by atoms with Gasteiger partial charge in [0.05, 0.1) is 13.1 Å². The highest BCUT2D eigenvalue weighted by molar-refractivity contribution is 6.01. The molecule has 0 aliphatic carbocycles. The molecule has 3 N–H and O–H groups in total. The molecule has 1 amide bonds. The van der Waals surface area contributed by atoms with Crippen molar-refractivity contribution in [2.45, 2.75) is 13.1 Å². The summed E-state index contributed by atoms with van der Waals surface area (Å²) in [6, 6.07) is 13.6. The molecule has 0 atom stereocenters. The largest absolute Gasteiger partial charge is 0.351 e. The van der Waals surface area contributed by atoms with Crippen LogP contribution in [-0.4, -0.2) is 23.9 Å². The molecule has 1 aliphatic rings. The molecule has 2 aromatic rings. The number of nitriles is 1. The molecule has 0 fully saturated rings. The summed E-state index contributed by atoms with van der Waals surface area (Å²) in [5.74, 6) is -0.126. The fourth-order valence-electron chi connectivity index (χ4n) is 2.94. The molecule has 0 aromatic heterocycles. The summed E-state index contributed by atoms with van der Waals surface area (Å²) in [6.07, 6.45) is 2.19. The Hall–Kier alpha value is -2.84. The van der Waals surface area contributed by atoms with Gasteiger partial charge >= 0.3 is 0 Å². The number of nitrogens with one attached hydrogen (secondary N) is 1. The van der Waals surface area contributed by atoms with Crippen LogP contribution in [0.3, 0.4) is 0 Å². The molecule has 1 aliphatic heterocycles. The first-order valence-corrected chi connectivity index (χ1v) is 7.57. The Kier molecular flexibility index (Phi) is 4.26. The molecular formula is C18H18N4O. The predicted octanol–water partition coefficient (Wildman–Crippen LogP) is 1.84. The standard InChI is InChI=1S/C18H18N4O/c19-8-9-21-18(23)16-6-2-1-5-14(16)15-7-3-4-13-10-22(12-20)11-17(13)15/h1-7H,8-11,19H2,(H,21,23). The van der Waals surface area contributed by atoms with Gasteiger partial charge in [-0.2, -0.15) is 5.26 Å². The third-order valence-corrected chi connectivity index (χ3v) is 4.02. The van der Waals surface area contributed by atoms with E-state index in [-0.39, 0.29) is 5.91 Å². The average molecular weight is 306 g/mol. The second-order valence-corrected chi connectivity index (χ2v) is 5.49. The van der Waals surface area contributed by atoms with Crippen molar-refractivity contribution in [3.05, 3.63) is 59.2 Å². The summed E-state index contributed by atoms with van der Waals surface area (Å²) in [4.78, 5) is 14.1. The topological polar surface area (TPSA) is 82.2 Å². The Morgan fingerprint density at radius 1 is 1.17 bits per heavy atom. The van der Waals surface area contributed by atoms with Gasteiger partial charge in [-0.1, -0.05) is 36.4 Å².